The molecular formula is C26H18N2. The van der Waals surface area contributed by atoms with Crippen LogP contribution in [0.5, 0.6) is 0 Å². The summed E-state index contributed by atoms with van der Waals surface area (Å²) in [7, 11) is 0. The fourth-order valence-corrected chi connectivity index (χ4v) is 3.53. The summed E-state index contributed by atoms with van der Waals surface area (Å²) in [5.74, 6) is 0. The van der Waals surface area contributed by atoms with Crippen LogP contribution in [0.2, 0.25) is 0 Å². The van der Waals surface area contributed by atoms with Gasteiger partial charge in [-0.25, -0.2) is 0 Å². The van der Waals surface area contributed by atoms with E-state index in [1.807, 2.05) is 24.3 Å². The van der Waals surface area contributed by atoms with Crippen molar-refractivity contribution in [2.24, 2.45) is 0 Å². The minimum atomic E-state index is 0.879. The zero-order valence-electron chi connectivity index (χ0n) is 15.3. The Bertz CT molecular complexity index is 1250. The molecule has 0 aliphatic heterocycles. The Morgan fingerprint density at radius 1 is 0.429 bits per heavy atom. The first-order valence-electron chi connectivity index (χ1n) is 9.36. The van der Waals surface area contributed by atoms with Gasteiger partial charge in [0.15, 0.2) is 0 Å². The molecule has 0 radical (unpaired) electrons. The van der Waals surface area contributed by atoms with E-state index >= 15 is 0 Å². The molecule has 1 aromatic heterocycles. The van der Waals surface area contributed by atoms with Crippen LogP contribution in [0.1, 0.15) is 0 Å². The molecule has 0 unspecified atom stereocenters. The highest BCUT2D eigenvalue weighted by atomic mass is 15.1. The van der Waals surface area contributed by atoms with Crippen LogP contribution in [-0.2, 0) is 0 Å². The third-order valence-electron chi connectivity index (χ3n) is 4.97. The van der Waals surface area contributed by atoms with Crippen molar-refractivity contribution >= 4 is 10.8 Å². The molecule has 0 saturated carbocycles. The van der Waals surface area contributed by atoms with Gasteiger partial charge >= 0.3 is 0 Å². The summed E-state index contributed by atoms with van der Waals surface area (Å²) >= 11 is 0. The summed E-state index contributed by atoms with van der Waals surface area (Å²) in [6.07, 6.45) is 0. The van der Waals surface area contributed by atoms with E-state index in [4.69, 9.17) is 0 Å². The van der Waals surface area contributed by atoms with E-state index in [9.17, 15) is 0 Å². The van der Waals surface area contributed by atoms with Gasteiger partial charge in [0.1, 0.15) is 5.69 Å². The first-order chi connectivity index (χ1) is 13.9. The Balaban J connectivity index is 1.70. The van der Waals surface area contributed by atoms with E-state index < -0.39 is 0 Å². The van der Waals surface area contributed by atoms with Crippen molar-refractivity contribution in [3.05, 3.63) is 109 Å². The Labute approximate surface area is 164 Å². The minimum absolute atomic E-state index is 0.879. The Hall–Kier alpha value is -3.78. The van der Waals surface area contributed by atoms with Crippen molar-refractivity contribution in [3.8, 4) is 33.6 Å². The van der Waals surface area contributed by atoms with Gasteiger partial charge in [-0.15, -0.1) is 10.2 Å². The van der Waals surface area contributed by atoms with Crippen molar-refractivity contribution in [1.29, 1.82) is 0 Å². The smallest absolute Gasteiger partial charge is 0.101 e. The average molecular weight is 358 g/mol. The quantitative estimate of drug-likeness (QED) is 0.362. The molecule has 0 fully saturated rings. The third kappa shape index (κ3) is 3.06. The van der Waals surface area contributed by atoms with Crippen molar-refractivity contribution in [2.75, 3.05) is 0 Å². The molecule has 2 heteroatoms. The van der Waals surface area contributed by atoms with E-state index in [1.165, 1.54) is 10.8 Å². The van der Waals surface area contributed by atoms with Crippen LogP contribution in [0.4, 0.5) is 0 Å². The number of hydrogen-bond donors (Lipinski definition) is 0. The second-order valence-electron chi connectivity index (χ2n) is 6.79. The van der Waals surface area contributed by atoms with Crippen LogP contribution in [0.25, 0.3) is 44.4 Å². The Morgan fingerprint density at radius 2 is 1.07 bits per heavy atom. The Kier molecular flexibility index (Phi) is 4.15. The zero-order chi connectivity index (χ0) is 18.8. The first-order valence-corrected chi connectivity index (χ1v) is 9.36. The average Bonchev–Trinajstić information content (AvgIpc) is 2.79. The van der Waals surface area contributed by atoms with Crippen LogP contribution in [-0.4, -0.2) is 10.2 Å². The van der Waals surface area contributed by atoms with E-state index in [0.29, 0.717) is 0 Å². The van der Waals surface area contributed by atoms with Gasteiger partial charge < -0.3 is 0 Å². The molecular weight excluding hydrogens is 340 g/mol. The molecule has 0 saturated heterocycles. The highest BCUT2D eigenvalue weighted by Crippen LogP contribution is 2.33. The summed E-state index contributed by atoms with van der Waals surface area (Å²) in [6, 6.07) is 37.6. The summed E-state index contributed by atoms with van der Waals surface area (Å²) in [5.41, 5.74) is 6.14. The number of rotatable bonds is 3. The van der Waals surface area contributed by atoms with Gasteiger partial charge in [0.05, 0.1) is 5.69 Å². The van der Waals surface area contributed by atoms with Crippen LogP contribution in [0, 0.1) is 0 Å². The lowest BCUT2D eigenvalue weighted by atomic mass is 9.97. The molecule has 2 nitrogen and oxygen atoms in total. The van der Waals surface area contributed by atoms with Crippen molar-refractivity contribution < 1.29 is 0 Å². The van der Waals surface area contributed by atoms with Gasteiger partial charge in [-0.3, -0.25) is 0 Å². The monoisotopic (exact) mass is 358 g/mol. The molecule has 0 spiro atoms. The molecule has 4 aromatic carbocycles. The Morgan fingerprint density at radius 3 is 1.82 bits per heavy atom. The van der Waals surface area contributed by atoms with E-state index in [0.717, 1.165) is 33.6 Å². The van der Waals surface area contributed by atoms with Crippen LogP contribution in [0.15, 0.2) is 109 Å². The molecule has 0 bridgehead atoms. The van der Waals surface area contributed by atoms with E-state index in [1.54, 1.807) is 0 Å². The number of nitrogens with zero attached hydrogens (tertiary/aromatic N) is 2. The maximum absolute atomic E-state index is 4.63. The molecule has 0 aliphatic rings. The molecule has 5 aromatic rings. The number of benzene rings is 4. The minimum Gasteiger partial charge on any atom is -0.150 e. The standard InChI is InChI=1S/C26H18N2/c1-3-10-20(11-4-1)24-18-25(27-28-26(24)21-12-5-2-6-13-21)23-16-15-19-9-7-8-14-22(19)17-23/h1-18H. The van der Waals surface area contributed by atoms with Crippen molar-refractivity contribution in [2.45, 2.75) is 0 Å². The second kappa shape index (κ2) is 7.09. The molecule has 28 heavy (non-hydrogen) atoms. The predicted molar refractivity (Wildman–Crippen MR) is 116 cm³/mol. The largest absolute Gasteiger partial charge is 0.150 e. The molecule has 5 rings (SSSR count). The van der Waals surface area contributed by atoms with E-state index in [-0.39, 0.29) is 0 Å². The summed E-state index contributed by atoms with van der Waals surface area (Å²) in [6.45, 7) is 0. The zero-order valence-corrected chi connectivity index (χ0v) is 15.3. The van der Waals surface area contributed by atoms with Gasteiger partial charge in [0.2, 0.25) is 0 Å². The van der Waals surface area contributed by atoms with Gasteiger partial charge in [0, 0.05) is 16.7 Å². The number of aromatic nitrogens is 2. The van der Waals surface area contributed by atoms with E-state index in [2.05, 4.69) is 95.1 Å². The lowest BCUT2D eigenvalue weighted by Crippen LogP contribution is -1.95. The molecule has 0 aliphatic carbocycles. The summed E-state index contributed by atoms with van der Waals surface area (Å²) in [5, 5.41) is 11.6. The van der Waals surface area contributed by atoms with Crippen molar-refractivity contribution in [1.82, 2.24) is 10.2 Å². The lowest BCUT2D eigenvalue weighted by Gasteiger charge is -2.11. The van der Waals surface area contributed by atoms with Gasteiger partial charge in [-0.05, 0) is 28.5 Å². The van der Waals surface area contributed by atoms with Crippen LogP contribution >= 0.6 is 0 Å². The molecule has 1 heterocycles. The normalized spacial score (nSPS) is 10.9. The maximum Gasteiger partial charge on any atom is 0.101 e. The molecule has 132 valence electrons. The highest BCUT2D eigenvalue weighted by Gasteiger charge is 2.12. The number of hydrogen-bond acceptors (Lipinski definition) is 2. The topological polar surface area (TPSA) is 25.8 Å². The lowest BCUT2D eigenvalue weighted by molar-refractivity contribution is 1.05. The van der Waals surface area contributed by atoms with Gasteiger partial charge in [-0.1, -0.05) is 97.1 Å². The van der Waals surface area contributed by atoms with Crippen LogP contribution < -0.4 is 0 Å². The fourth-order valence-electron chi connectivity index (χ4n) is 3.53. The van der Waals surface area contributed by atoms with Gasteiger partial charge in [-0.2, -0.15) is 0 Å². The molecule has 0 atom stereocenters. The second-order valence-corrected chi connectivity index (χ2v) is 6.79. The number of fused-ring (bicyclic) bond motifs is 1. The first kappa shape index (κ1) is 16.4. The highest BCUT2D eigenvalue weighted by molar-refractivity contribution is 5.88. The fraction of sp³-hybridized carbons (Fsp3) is 0. The molecule has 0 N–H and O–H groups in total. The summed E-state index contributed by atoms with van der Waals surface area (Å²) < 4.78 is 0. The van der Waals surface area contributed by atoms with Gasteiger partial charge in [0.25, 0.3) is 0 Å². The maximum atomic E-state index is 4.63. The summed E-state index contributed by atoms with van der Waals surface area (Å²) in [4.78, 5) is 0. The molecule has 0 amide bonds. The SMILES string of the molecule is c1ccc(-c2cc(-c3ccc4ccccc4c3)nnc2-c2ccccc2)cc1. The predicted octanol–water partition coefficient (Wildman–Crippen LogP) is 6.63. The van der Waals surface area contributed by atoms with Crippen LogP contribution in [0.3, 0.4) is 0 Å². The van der Waals surface area contributed by atoms with Crippen molar-refractivity contribution in [3.63, 3.8) is 0 Å². The third-order valence-corrected chi connectivity index (χ3v) is 4.97.